The van der Waals surface area contributed by atoms with Crippen molar-refractivity contribution in [2.24, 2.45) is 0 Å². The Kier molecular flexibility index (Phi) is 5.78. The van der Waals surface area contributed by atoms with Gasteiger partial charge in [0.05, 0.1) is 17.7 Å². The van der Waals surface area contributed by atoms with E-state index >= 15 is 0 Å². The molecule has 0 unspecified atom stereocenters. The highest BCUT2D eigenvalue weighted by Gasteiger charge is 2.03. The van der Waals surface area contributed by atoms with E-state index < -0.39 is 0 Å². The van der Waals surface area contributed by atoms with Gasteiger partial charge in [0, 0.05) is 13.7 Å². The highest BCUT2D eigenvalue weighted by atomic mass is 79.9. The molecule has 84 valence electrons. The van der Waals surface area contributed by atoms with E-state index in [-0.39, 0.29) is 5.82 Å². The predicted molar refractivity (Wildman–Crippen MR) is 58.8 cm³/mol. The fourth-order valence-corrected chi connectivity index (χ4v) is 1.42. The number of halogens is 2. The van der Waals surface area contributed by atoms with E-state index in [1.807, 2.05) is 6.07 Å². The lowest BCUT2D eigenvalue weighted by Crippen LogP contribution is -2.17. The van der Waals surface area contributed by atoms with Crippen LogP contribution in [0.1, 0.15) is 5.56 Å². The Morgan fingerprint density at radius 2 is 2.20 bits per heavy atom. The number of benzene rings is 1. The first-order valence-electron chi connectivity index (χ1n) is 4.52. The lowest BCUT2D eigenvalue weighted by atomic mass is 10.2. The van der Waals surface area contributed by atoms with Gasteiger partial charge >= 0.3 is 0 Å². The summed E-state index contributed by atoms with van der Waals surface area (Å²) >= 11 is 3.17. The van der Waals surface area contributed by atoms with Crippen LogP contribution in [0.4, 0.5) is 4.39 Å². The second kappa shape index (κ2) is 6.90. The van der Waals surface area contributed by atoms with Crippen molar-refractivity contribution in [1.29, 1.82) is 0 Å². The second-order valence-corrected chi connectivity index (χ2v) is 3.67. The van der Waals surface area contributed by atoms with Crippen molar-refractivity contribution < 1.29 is 14.0 Å². The molecular formula is C10H13BrFNO2. The van der Waals surface area contributed by atoms with Gasteiger partial charge in [0.15, 0.2) is 0 Å². The summed E-state index contributed by atoms with van der Waals surface area (Å²) < 4.78 is 18.3. The smallest absolute Gasteiger partial charge is 0.137 e. The van der Waals surface area contributed by atoms with Gasteiger partial charge in [-0.2, -0.15) is 5.48 Å². The topological polar surface area (TPSA) is 30.5 Å². The number of hydrogen-bond acceptors (Lipinski definition) is 3. The van der Waals surface area contributed by atoms with Gasteiger partial charge in [0.1, 0.15) is 5.82 Å². The van der Waals surface area contributed by atoms with Gasteiger partial charge in [-0.3, -0.25) is 4.84 Å². The Morgan fingerprint density at radius 1 is 1.40 bits per heavy atom. The summed E-state index contributed by atoms with van der Waals surface area (Å²) in [5, 5.41) is 0. The summed E-state index contributed by atoms with van der Waals surface area (Å²) in [5.41, 5.74) is 3.54. The molecule has 0 atom stereocenters. The zero-order valence-corrected chi connectivity index (χ0v) is 10.0. The van der Waals surface area contributed by atoms with Gasteiger partial charge in [-0.05, 0) is 27.6 Å². The maximum absolute atomic E-state index is 13.1. The molecule has 15 heavy (non-hydrogen) atoms. The quantitative estimate of drug-likeness (QED) is 0.639. The van der Waals surface area contributed by atoms with Crippen LogP contribution in [0.15, 0.2) is 22.7 Å². The Labute approximate surface area is 96.7 Å². The third kappa shape index (κ3) is 4.25. The van der Waals surface area contributed by atoms with Gasteiger partial charge in [-0.15, -0.1) is 0 Å². The van der Waals surface area contributed by atoms with Crippen molar-refractivity contribution in [1.82, 2.24) is 5.48 Å². The molecule has 1 aromatic rings. The molecule has 0 bridgehead atoms. The summed E-state index contributed by atoms with van der Waals surface area (Å²) in [6.07, 6.45) is 0. The van der Waals surface area contributed by atoms with Gasteiger partial charge in [-0.1, -0.05) is 12.1 Å². The molecule has 0 amide bonds. The second-order valence-electron chi connectivity index (χ2n) is 2.88. The van der Waals surface area contributed by atoms with Crippen molar-refractivity contribution in [2.75, 3.05) is 20.3 Å². The van der Waals surface area contributed by atoms with Gasteiger partial charge in [-0.25, -0.2) is 4.39 Å². The monoisotopic (exact) mass is 277 g/mol. The van der Waals surface area contributed by atoms with Crippen LogP contribution in [0.2, 0.25) is 0 Å². The van der Waals surface area contributed by atoms with Crippen LogP contribution in [0.25, 0.3) is 0 Å². The summed E-state index contributed by atoms with van der Waals surface area (Å²) in [6, 6.07) is 4.88. The molecule has 0 aliphatic carbocycles. The molecule has 0 fully saturated rings. The number of nitrogens with one attached hydrogen (secondary N) is 1. The van der Waals surface area contributed by atoms with Crippen LogP contribution < -0.4 is 5.48 Å². The molecule has 5 heteroatoms. The predicted octanol–water partition coefficient (Wildman–Crippen LogP) is 2.26. The molecule has 3 nitrogen and oxygen atoms in total. The Morgan fingerprint density at radius 3 is 2.93 bits per heavy atom. The van der Waals surface area contributed by atoms with Gasteiger partial charge < -0.3 is 4.74 Å². The fraction of sp³-hybridized carbons (Fsp3) is 0.400. The number of rotatable bonds is 6. The molecule has 0 spiro atoms. The van der Waals surface area contributed by atoms with Crippen molar-refractivity contribution in [3.63, 3.8) is 0 Å². The van der Waals surface area contributed by atoms with Crippen molar-refractivity contribution in [3.05, 3.63) is 34.1 Å². The minimum absolute atomic E-state index is 0.272. The highest BCUT2D eigenvalue weighted by molar-refractivity contribution is 9.10. The van der Waals surface area contributed by atoms with E-state index in [1.54, 1.807) is 13.2 Å². The molecular weight excluding hydrogens is 265 g/mol. The Bertz CT molecular complexity index is 309. The molecule has 0 aromatic heterocycles. The van der Waals surface area contributed by atoms with E-state index in [0.29, 0.717) is 24.2 Å². The van der Waals surface area contributed by atoms with E-state index in [1.165, 1.54) is 6.07 Å². The lowest BCUT2D eigenvalue weighted by molar-refractivity contribution is 0.00335. The summed E-state index contributed by atoms with van der Waals surface area (Å²) in [6.45, 7) is 1.43. The van der Waals surface area contributed by atoms with Crippen molar-refractivity contribution in [2.45, 2.75) is 6.54 Å². The molecule has 1 N–H and O–H groups in total. The lowest BCUT2D eigenvalue weighted by Gasteiger charge is -2.07. The Hall–Kier alpha value is -0.490. The molecule has 0 heterocycles. The molecule has 0 radical (unpaired) electrons. The third-order valence-electron chi connectivity index (χ3n) is 1.79. The molecule has 0 saturated heterocycles. The zero-order valence-electron chi connectivity index (χ0n) is 8.43. The maximum Gasteiger partial charge on any atom is 0.137 e. The summed E-state index contributed by atoms with van der Waals surface area (Å²) in [5.74, 6) is -0.272. The summed E-state index contributed by atoms with van der Waals surface area (Å²) in [7, 11) is 1.60. The zero-order chi connectivity index (χ0) is 11.1. The van der Waals surface area contributed by atoms with Crippen LogP contribution in [0.5, 0.6) is 0 Å². The minimum atomic E-state index is -0.272. The first kappa shape index (κ1) is 12.6. The van der Waals surface area contributed by atoms with E-state index in [2.05, 4.69) is 21.4 Å². The first-order valence-corrected chi connectivity index (χ1v) is 5.31. The van der Waals surface area contributed by atoms with Crippen LogP contribution in [0.3, 0.4) is 0 Å². The summed E-state index contributed by atoms with van der Waals surface area (Å²) in [4.78, 5) is 5.05. The molecule has 0 aliphatic rings. The molecule has 0 aliphatic heterocycles. The number of ether oxygens (including phenoxy) is 1. The normalized spacial score (nSPS) is 10.6. The fourth-order valence-electron chi connectivity index (χ4n) is 1.01. The van der Waals surface area contributed by atoms with Gasteiger partial charge in [0.25, 0.3) is 0 Å². The minimum Gasteiger partial charge on any atom is -0.382 e. The van der Waals surface area contributed by atoms with Crippen LogP contribution >= 0.6 is 15.9 Å². The van der Waals surface area contributed by atoms with E-state index in [0.717, 1.165) is 5.56 Å². The standard InChI is InChI=1S/C10H13BrFNO2/c1-14-5-6-15-13-7-8-3-2-4-9(12)10(8)11/h2-4,13H,5-7H2,1H3. The van der Waals surface area contributed by atoms with E-state index in [9.17, 15) is 4.39 Å². The van der Waals surface area contributed by atoms with Crippen LogP contribution in [0, 0.1) is 5.82 Å². The van der Waals surface area contributed by atoms with Crippen molar-refractivity contribution in [3.8, 4) is 0 Å². The molecule has 1 aromatic carbocycles. The largest absolute Gasteiger partial charge is 0.382 e. The average molecular weight is 278 g/mol. The Balaban J connectivity index is 2.34. The van der Waals surface area contributed by atoms with Crippen molar-refractivity contribution >= 4 is 15.9 Å². The molecule has 0 saturated carbocycles. The van der Waals surface area contributed by atoms with Gasteiger partial charge in [0.2, 0.25) is 0 Å². The maximum atomic E-state index is 13.1. The van der Waals surface area contributed by atoms with Crippen LogP contribution in [-0.2, 0) is 16.1 Å². The highest BCUT2D eigenvalue weighted by Crippen LogP contribution is 2.19. The number of methoxy groups -OCH3 is 1. The third-order valence-corrected chi connectivity index (χ3v) is 2.67. The van der Waals surface area contributed by atoms with Crippen LogP contribution in [-0.4, -0.2) is 20.3 Å². The first-order chi connectivity index (χ1) is 7.25. The SMILES string of the molecule is COCCONCc1cccc(F)c1Br. The average Bonchev–Trinajstić information content (AvgIpc) is 2.24. The number of hydrogen-bond donors (Lipinski definition) is 1. The molecule has 1 rings (SSSR count). The number of hydroxylamine groups is 1. The van der Waals surface area contributed by atoms with E-state index in [4.69, 9.17) is 9.57 Å².